The van der Waals surface area contributed by atoms with Crippen molar-refractivity contribution in [3.8, 4) is 5.75 Å². The zero-order chi connectivity index (χ0) is 16.9. The van der Waals surface area contributed by atoms with Gasteiger partial charge in [0, 0.05) is 5.69 Å². The number of fused-ring (bicyclic) bond motifs is 1. The summed E-state index contributed by atoms with van der Waals surface area (Å²) in [5, 5.41) is 6.31. The predicted octanol–water partition coefficient (Wildman–Crippen LogP) is 4.01. The number of hydrogen-bond acceptors (Lipinski definition) is 3. The first kappa shape index (κ1) is 16.4. The Balaban J connectivity index is 1.71. The molecule has 1 unspecified atom stereocenters. The third-order valence-electron chi connectivity index (χ3n) is 4.53. The van der Waals surface area contributed by atoms with Crippen LogP contribution in [0.25, 0.3) is 0 Å². The van der Waals surface area contributed by atoms with Crippen molar-refractivity contribution in [2.45, 2.75) is 38.6 Å². The zero-order valence-electron chi connectivity index (χ0n) is 14.3. The van der Waals surface area contributed by atoms with E-state index in [1.54, 1.807) is 7.11 Å². The molecule has 0 aromatic heterocycles. The lowest BCUT2D eigenvalue weighted by molar-refractivity contribution is -0.116. The largest absolute Gasteiger partial charge is 0.495 e. The molecule has 1 aliphatic carbocycles. The minimum atomic E-state index is -0.330. The van der Waals surface area contributed by atoms with Crippen molar-refractivity contribution in [3.63, 3.8) is 0 Å². The Morgan fingerprint density at radius 3 is 2.62 bits per heavy atom. The molecule has 0 radical (unpaired) electrons. The molecule has 3 rings (SSSR count). The highest BCUT2D eigenvalue weighted by Crippen LogP contribution is 2.28. The SMILES string of the molecule is COc1ccccc1NC(=O)C(C)Nc1cccc2c1CCCC2. The third-order valence-corrected chi connectivity index (χ3v) is 4.53. The van der Waals surface area contributed by atoms with E-state index >= 15 is 0 Å². The number of carbonyl (C=O) groups excluding carboxylic acids is 1. The van der Waals surface area contributed by atoms with Crippen molar-refractivity contribution >= 4 is 17.3 Å². The van der Waals surface area contributed by atoms with Crippen molar-refractivity contribution in [3.05, 3.63) is 53.6 Å². The molecule has 2 N–H and O–H groups in total. The maximum atomic E-state index is 12.5. The zero-order valence-corrected chi connectivity index (χ0v) is 14.3. The maximum absolute atomic E-state index is 12.5. The molecule has 1 amide bonds. The summed E-state index contributed by atoms with van der Waals surface area (Å²) in [6.07, 6.45) is 4.68. The van der Waals surface area contributed by atoms with Gasteiger partial charge in [-0.15, -0.1) is 0 Å². The molecule has 4 nitrogen and oxygen atoms in total. The molecule has 0 saturated heterocycles. The van der Waals surface area contributed by atoms with Crippen LogP contribution in [0.2, 0.25) is 0 Å². The van der Waals surface area contributed by atoms with Crippen molar-refractivity contribution in [1.82, 2.24) is 0 Å². The van der Waals surface area contributed by atoms with Crippen molar-refractivity contribution < 1.29 is 9.53 Å². The second-order valence-electron chi connectivity index (χ2n) is 6.21. The fraction of sp³-hybridized carbons (Fsp3) is 0.350. The lowest BCUT2D eigenvalue weighted by Gasteiger charge is -2.23. The molecule has 0 heterocycles. The Morgan fingerprint density at radius 1 is 1.04 bits per heavy atom. The monoisotopic (exact) mass is 324 g/mol. The van der Waals surface area contributed by atoms with Crippen LogP contribution in [0.15, 0.2) is 42.5 Å². The molecule has 126 valence electrons. The average Bonchev–Trinajstić information content (AvgIpc) is 2.62. The van der Waals surface area contributed by atoms with Crippen LogP contribution < -0.4 is 15.4 Å². The standard InChI is InChI=1S/C20H24N2O2/c1-14(20(23)22-18-11-5-6-13-19(18)24-2)21-17-12-7-9-15-8-3-4-10-16(15)17/h5-7,9,11-14,21H,3-4,8,10H2,1-2H3,(H,22,23). The van der Waals surface area contributed by atoms with Crippen LogP contribution in [0.4, 0.5) is 11.4 Å². The number of amides is 1. The van der Waals surface area contributed by atoms with Gasteiger partial charge in [0.05, 0.1) is 12.8 Å². The molecule has 2 aromatic carbocycles. The third kappa shape index (κ3) is 3.53. The molecule has 0 aliphatic heterocycles. The minimum absolute atomic E-state index is 0.0760. The van der Waals surface area contributed by atoms with Crippen LogP contribution in [-0.2, 0) is 17.6 Å². The molecular formula is C20H24N2O2. The van der Waals surface area contributed by atoms with Crippen molar-refractivity contribution in [2.24, 2.45) is 0 Å². The number of hydrogen-bond donors (Lipinski definition) is 2. The summed E-state index contributed by atoms with van der Waals surface area (Å²) in [6.45, 7) is 1.88. The van der Waals surface area contributed by atoms with E-state index in [2.05, 4.69) is 28.8 Å². The van der Waals surface area contributed by atoms with Crippen molar-refractivity contribution in [2.75, 3.05) is 17.7 Å². The molecule has 0 saturated carbocycles. The number of anilines is 2. The number of rotatable bonds is 5. The number of methoxy groups -OCH3 is 1. The predicted molar refractivity (Wildman–Crippen MR) is 97.8 cm³/mol. The normalized spacial score (nSPS) is 14.4. The van der Waals surface area contributed by atoms with Gasteiger partial charge in [-0.3, -0.25) is 4.79 Å². The highest BCUT2D eigenvalue weighted by Gasteiger charge is 2.18. The van der Waals surface area contributed by atoms with Crippen molar-refractivity contribution in [1.29, 1.82) is 0 Å². The van der Waals surface area contributed by atoms with Gasteiger partial charge in [0.15, 0.2) is 0 Å². The van der Waals surface area contributed by atoms with Crippen LogP contribution >= 0.6 is 0 Å². The van der Waals surface area contributed by atoms with Gasteiger partial charge >= 0.3 is 0 Å². The summed E-state index contributed by atoms with van der Waals surface area (Å²) < 4.78 is 5.28. The van der Waals surface area contributed by atoms with Gasteiger partial charge in [0.2, 0.25) is 5.91 Å². The molecule has 2 aromatic rings. The number of nitrogens with one attached hydrogen (secondary N) is 2. The van der Waals surface area contributed by atoms with Crippen LogP contribution in [-0.4, -0.2) is 19.1 Å². The minimum Gasteiger partial charge on any atom is -0.495 e. The highest BCUT2D eigenvalue weighted by atomic mass is 16.5. The Morgan fingerprint density at radius 2 is 1.79 bits per heavy atom. The lowest BCUT2D eigenvalue weighted by Crippen LogP contribution is -2.32. The number of carbonyl (C=O) groups is 1. The number of aryl methyl sites for hydroxylation is 1. The van der Waals surface area contributed by atoms with Gasteiger partial charge in [-0.25, -0.2) is 0 Å². The first-order valence-electron chi connectivity index (χ1n) is 8.50. The first-order valence-corrected chi connectivity index (χ1v) is 8.50. The molecule has 0 spiro atoms. The van der Waals surface area contributed by atoms with E-state index < -0.39 is 0 Å². The number of benzene rings is 2. The quantitative estimate of drug-likeness (QED) is 0.873. The Bertz CT molecular complexity index is 727. The second kappa shape index (κ2) is 7.39. The van der Waals surface area contributed by atoms with E-state index in [1.807, 2.05) is 31.2 Å². The molecule has 1 aliphatic rings. The van der Waals surface area contributed by atoms with Gasteiger partial charge in [-0.2, -0.15) is 0 Å². The molecule has 1 atom stereocenters. The van der Waals surface area contributed by atoms with E-state index in [9.17, 15) is 4.79 Å². The fourth-order valence-electron chi connectivity index (χ4n) is 3.20. The second-order valence-corrected chi connectivity index (χ2v) is 6.21. The summed E-state index contributed by atoms with van der Waals surface area (Å²) in [6, 6.07) is 13.4. The van der Waals surface area contributed by atoms with Crippen LogP contribution in [0, 0.1) is 0 Å². The van der Waals surface area contributed by atoms with E-state index in [-0.39, 0.29) is 11.9 Å². The van der Waals surface area contributed by atoms with Gasteiger partial charge in [-0.1, -0.05) is 24.3 Å². The van der Waals surface area contributed by atoms with E-state index in [0.29, 0.717) is 11.4 Å². The van der Waals surface area contributed by atoms with Gasteiger partial charge in [-0.05, 0) is 61.9 Å². The summed E-state index contributed by atoms with van der Waals surface area (Å²) in [5.74, 6) is 0.586. The Hall–Kier alpha value is -2.49. The van der Waals surface area contributed by atoms with E-state index in [1.165, 1.54) is 24.0 Å². The van der Waals surface area contributed by atoms with E-state index in [0.717, 1.165) is 18.5 Å². The van der Waals surface area contributed by atoms with Crippen LogP contribution in [0.3, 0.4) is 0 Å². The molecule has 24 heavy (non-hydrogen) atoms. The molecule has 4 heteroatoms. The Labute approximate surface area is 143 Å². The molecule has 0 bridgehead atoms. The smallest absolute Gasteiger partial charge is 0.246 e. The lowest BCUT2D eigenvalue weighted by atomic mass is 9.90. The molecule has 0 fully saturated rings. The molecular weight excluding hydrogens is 300 g/mol. The first-order chi connectivity index (χ1) is 11.7. The topological polar surface area (TPSA) is 50.4 Å². The van der Waals surface area contributed by atoms with Gasteiger partial charge in [0.1, 0.15) is 11.8 Å². The fourth-order valence-corrected chi connectivity index (χ4v) is 3.20. The van der Waals surface area contributed by atoms with Gasteiger partial charge < -0.3 is 15.4 Å². The Kier molecular flexibility index (Phi) is 5.04. The van der Waals surface area contributed by atoms with Crippen LogP contribution in [0.5, 0.6) is 5.75 Å². The van der Waals surface area contributed by atoms with Gasteiger partial charge in [0.25, 0.3) is 0 Å². The number of para-hydroxylation sites is 2. The summed E-state index contributed by atoms with van der Waals surface area (Å²) in [5.41, 5.74) is 4.54. The summed E-state index contributed by atoms with van der Waals surface area (Å²) in [4.78, 5) is 12.5. The average molecular weight is 324 g/mol. The van der Waals surface area contributed by atoms with Crippen LogP contribution in [0.1, 0.15) is 30.9 Å². The highest BCUT2D eigenvalue weighted by molar-refractivity contribution is 5.97. The van der Waals surface area contributed by atoms with E-state index in [4.69, 9.17) is 4.74 Å². The summed E-state index contributed by atoms with van der Waals surface area (Å²) in [7, 11) is 1.60. The maximum Gasteiger partial charge on any atom is 0.246 e. The number of ether oxygens (including phenoxy) is 1. The summed E-state index contributed by atoms with van der Waals surface area (Å²) >= 11 is 0.